The van der Waals surface area contributed by atoms with E-state index in [4.69, 9.17) is 0 Å². The van der Waals surface area contributed by atoms with Gasteiger partial charge >= 0.3 is 0 Å². The van der Waals surface area contributed by atoms with E-state index in [9.17, 15) is 4.79 Å². The summed E-state index contributed by atoms with van der Waals surface area (Å²) in [6.07, 6.45) is 0. The van der Waals surface area contributed by atoms with Crippen molar-refractivity contribution in [1.29, 1.82) is 0 Å². The predicted octanol–water partition coefficient (Wildman–Crippen LogP) is 3.05. The third-order valence-electron chi connectivity index (χ3n) is 3.57. The Morgan fingerprint density at radius 3 is 1.05 bits per heavy atom. The summed E-state index contributed by atoms with van der Waals surface area (Å²) in [5.74, 6) is 0. The predicted molar refractivity (Wildman–Crippen MR) is 90.8 cm³/mol. The summed E-state index contributed by atoms with van der Waals surface area (Å²) in [6, 6.07) is 29.9. The van der Waals surface area contributed by atoms with Gasteiger partial charge in [0.1, 0.15) is 5.66 Å². The van der Waals surface area contributed by atoms with Crippen molar-refractivity contribution in [2.24, 2.45) is 0 Å². The fraction of sp³-hybridized carbons (Fsp3) is 0. The van der Waals surface area contributed by atoms with Gasteiger partial charge in [0.2, 0.25) is 0 Å². The number of hydrogen-bond acceptors (Lipinski definition) is 1. The van der Waals surface area contributed by atoms with Crippen LogP contribution in [0.2, 0.25) is 0 Å². The molecule has 0 N–H and O–H groups in total. The molecule has 0 amide bonds. The molecular weight excluding hydrogens is 378 g/mol. The van der Waals surface area contributed by atoms with Crippen LogP contribution in [0.4, 0.5) is 0 Å². The first kappa shape index (κ1) is 16.7. The minimum atomic E-state index is -2.34. The van der Waals surface area contributed by atoms with Crippen molar-refractivity contribution in [2.45, 2.75) is 0 Å². The summed E-state index contributed by atoms with van der Waals surface area (Å²) < 4.78 is 0. The van der Waals surface area contributed by atoms with Gasteiger partial charge in [0.05, 0.1) is 6.89 Å². The standard InChI is InChI=1S/C19H15OP.Rh/c20-16-21(17-10-4-1-5-11-17,18-12-6-2-7-13-18)19-14-8-3-9-15-19;/h1-15H;. The van der Waals surface area contributed by atoms with Gasteiger partial charge in [0.15, 0.2) is 0 Å². The van der Waals surface area contributed by atoms with E-state index in [2.05, 4.69) is 5.66 Å². The fourth-order valence-electron chi connectivity index (χ4n) is 2.56. The summed E-state index contributed by atoms with van der Waals surface area (Å²) in [4.78, 5) is 12.2. The molecule has 0 fully saturated rings. The first-order valence-electron chi connectivity index (χ1n) is 6.83. The van der Waals surface area contributed by atoms with Gasteiger partial charge in [0, 0.05) is 19.5 Å². The zero-order valence-electron chi connectivity index (χ0n) is 11.8. The summed E-state index contributed by atoms with van der Waals surface area (Å²) in [7, 11) is 0. The summed E-state index contributed by atoms with van der Waals surface area (Å²) in [5.41, 5.74) is 2.43. The van der Waals surface area contributed by atoms with Crippen molar-refractivity contribution < 1.29 is 24.3 Å². The van der Waals surface area contributed by atoms with E-state index in [1.807, 2.05) is 91.0 Å². The average molecular weight is 393 g/mol. The van der Waals surface area contributed by atoms with Crippen molar-refractivity contribution in [3.63, 3.8) is 0 Å². The Bertz CT molecular complexity index is 691. The topological polar surface area (TPSA) is 17.1 Å². The van der Waals surface area contributed by atoms with Crippen LogP contribution in [0.1, 0.15) is 0 Å². The number of benzene rings is 3. The second-order valence-corrected chi connectivity index (χ2v) is 7.84. The molecule has 0 aliphatic carbocycles. The van der Waals surface area contributed by atoms with E-state index < -0.39 is 6.89 Å². The zero-order chi connectivity index (χ0) is 14.5. The molecule has 0 saturated heterocycles. The van der Waals surface area contributed by atoms with Gasteiger partial charge in [-0.05, 0) is 15.9 Å². The molecule has 0 unspecified atom stereocenters. The van der Waals surface area contributed by atoms with Gasteiger partial charge in [0.25, 0.3) is 0 Å². The van der Waals surface area contributed by atoms with Crippen LogP contribution in [0, 0.1) is 0 Å². The Labute approximate surface area is 143 Å². The molecule has 0 spiro atoms. The van der Waals surface area contributed by atoms with Gasteiger partial charge < -0.3 is 0 Å². The number of carbonyl (C=O) groups excluding carboxylic acids is 1. The van der Waals surface area contributed by atoms with Gasteiger partial charge in [-0.1, -0.05) is 91.0 Å². The molecule has 0 aromatic heterocycles. The van der Waals surface area contributed by atoms with E-state index >= 15 is 0 Å². The van der Waals surface area contributed by atoms with Crippen LogP contribution in [0.25, 0.3) is 0 Å². The van der Waals surface area contributed by atoms with E-state index in [0.29, 0.717) is 0 Å². The maximum Gasteiger partial charge on any atom is 0.128 e. The molecule has 0 heterocycles. The maximum absolute atomic E-state index is 12.2. The molecular formula is C19H15OPRh. The average Bonchev–Trinajstić information content (AvgIpc) is 2.59. The monoisotopic (exact) mass is 393 g/mol. The molecule has 3 rings (SSSR count). The summed E-state index contributed by atoms with van der Waals surface area (Å²) in [5, 5.41) is 3.12. The molecule has 0 bridgehead atoms. The third kappa shape index (κ3) is 2.92. The first-order chi connectivity index (χ1) is 10.4. The number of hydrogen-bond donors (Lipinski definition) is 0. The molecule has 3 aromatic rings. The Kier molecular flexibility index (Phi) is 5.70. The second-order valence-electron chi connectivity index (χ2n) is 4.77. The van der Waals surface area contributed by atoms with Crippen LogP contribution in [0.3, 0.4) is 0 Å². The molecule has 3 heteroatoms. The Morgan fingerprint density at radius 1 is 0.545 bits per heavy atom. The molecule has 111 valence electrons. The van der Waals surface area contributed by atoms with E-state index in [-0.39, 0.29) is 19.5 Å². The quantitative estimate of drug-likeness (QED) is 0.494. The van der Waals surface area contributed by atoms with Crippen LogP contribution < -0.4 is 15.9 Å². The largest absolute Gasteiger partial charge is 0.233 e. The Morgan fingerprint density at radius 2 is 0.818 bits per heavy atom. The van der Waals surface area contributed by atoms with E-state index in [0.717, 1.165) is 15.9 Å². The van der Waals surface area contributed by atoms with Crippen molar-refractivity contribution in [2.75, 3.05) is 0 Å². The molecule has 0 aliphatic heterocycles. The molecule has 0 aliphatic rings. The van der Waals surface area contributed by atoms with Crippen LogP contribution in [0.15, 0.2) is 91.0 Å². The Balaban J connectivity index is 0.00000176. The van der Waals surface area contributed by atoms with Gasteiger partial charge in [-0.15, -0.1) is 0 Å². The van der Waals surface area contributed by atoms with Crippen molar-refractivity contribution >= 4 is 28.5 Å². The Hall–Kier alpha value is -1.71. The normalized spacial score (nSPS) is 10.4. The number of rotatable bonds is 3. The minimum absolute atomic E-state index is 0. The molecule has 0 saturated carbocycles. The van der Waals surface area contributed by atoms with Crippen LogP contribution in [-0.4, -0.2) is 5.66 Å². The van der Waals surface area contributed by atoms with Crippen LogP contribution >= 0.6 is 6.89 Å². The molecule has 22 heavy (non-hydrogen) atoms. The molecule has 0 atom stereocenters. The van der Waals surface area contributed by atoms with Crippen molar-refractivity contribution in [3.05, 3.63) is 91.0 Å². The summed E-state index contributed by atoms with van der Waals surface area (Å²) >= 11 is 0. The van der Waals surface area contributed by atoms with Crippen LogP contribution in [-0.2, 0) is 24.3 Å². The third-order valence-corrected chi connectivity index (χ3v) is 7.06. The van der Waals surface area contributed by atoms with Crippen molar-refractivity contribution in [3.8, 4) is 0 Å². The first-order valence-corrected chi connectivity index (χ1v) is 8.62. The van der Waals surface area contributed by atoms with Crippen LogP contribution in [0.5, 0.6) is 0 Å². The summed E-state index contributed by atoms with van der Waals surface area (Å²) in [6.45, 7) is -2.34. The van der Waals surface area contributed by atoms with Gasteiger partial charge in [-0.3, -0.25) is 0 Å². The van der Waals surface area contributed by atoms with Gasteiger partial charge in [-0.25, -0.2) is 4.79 Å². The van der Waals surface area contributed by atoms with Gasteiger partial charge in [-0.2, -0.15) is 0 Å². The van der Waals surface area contributed by atoms with E-state index in [1.165, 1.54) is 0 Å². The zero-order valence-corrected chi connectivity index (χ0v) is 14.4. The smallest absolute Gasteiger partial charge is 0.128 e. The van der Waals surface area contributed by atoms with E-state index in [1.54, 1.807) is 0 Å². The SMILES string of the molecule is O=C=P(c1ccccc1)(c1ccccc1)c1ccccc1.[Rh]. The second kappa shape index (κ2) is 7.52. The fourth-order valence-corrected chi connectivity index (χ4v) is 5.63. The van der Waals surface area contributed by atoms with Crippen molar-refractivity contribution in [1.82, 2.24) is 0 Å². The maximum atomic E-state index is 12.2. The molecule has 3 aromatic carbocycles. The molecule has 1 radical (unpaired) electrons. The molecule has 1 nitrogen and oxygen atoms in total. The minimum Gasteiger partial charge on any atom is -0.233 e.